The van der Waals surface area contributed by atoms with Crippen LogP contribution in [-0.4, -0.2) is 35.1 Å². The maximum Gasteiger partial charge on any atom is 0.367 e. The average Bonchev–Trinajstić information content (AvgIpc) is 3.97. The fourth-order valence-electron chi connectivity index (χ4n) is 7.00. The van der Waals surface area contributed by atoms with E-state index in [1.165, 1.54) is 22.7 Å². The van der Waals surface area contributed by atoms with E-state index in [0.717, 1.165) is 0 Å². The summed E-state index contributed by atoms with van der Waals surface area (Å²) < 4.78 is 18.2. The second-order valence-electron chi connectivity index (χ2n) is 13.2. The summed E-state index contributed by atoms with van der Waals surface area (Å²) in [4.78, 5) is 83.3. The fraction of sp³-hybridized carbons (Fsp3) is 0.0667. The first-order chi connectivity index (χ1) is 27.2. The van der Waals surface area contributed by atoms with Crippen molar-refractivity contribution in [1.29, 1.82) is 0 Å². The summed E-state index contributed by atoms with van der Waals surface area (Å²) >= 11 is 2.42. The number of ether oxygens (including phenoxy) is 3. The first kappa shape index (κ1) is 34.9. The van der Waals surface area contributed by atoms with Crippen molar-refractivity contribution in [2.45, 2.75) is 18.8 Å². The molecule has 2 aliphatic carbocycles. The molecule has 0 saturated carbocycles. The van der Waals surface area contributed by atoms with Crippen molar-refractivity contribution in [2.24, 2.45) is 0 Å². The van der Waals surface area contributed by atoms with Gasteiger partial charge in [-0.25, -0.2) is 9.59 Å². The molecule has 0 N–H and O–H groups in total. The van der Waals surface area contributed by atoms with Gasteiger partial charge in [0.2, 0.25) is 23.1 Å². The lowest BCUT2D eigenvalue weighted by atomic mass is 9.90. The first-order valence-corrected chi connectivity index (χ1v) is 19.1. The number of allylic oxidation sites excluding steroid dienone is 2. The minimum Gasteiger partial charge on any atom is -0.458 e. The number of ketones is 4. The van der Waals surface area contributed by atoms with Crippen LogP contribution in [-0.2, 0) is 47.5 Å². The Balaban J connectivity index is 1.20. The van der Waals surface area contributed by atoms with Gasteiger partial charge in [-0.2, -0.15) is 0 Å². The van der Waals surface area contributed by atoms with Crippen molar-refractivity contribution in [3.63, 3.8) is 0 Å². The van der Waals surface area contributed by atoms with Crippen LogP contribution in [0.2, 0.25) is 0 Å². The molecule has 0 atom stereocenters. The minimum absolute atomic E-state index is 0.126. The molecule has 0 unspecified atom stereocenters. The molecule has 9 rings (SSSR count). The Morgan fingerprint density at radius 3 is 1.46 bits per heavy atom. The lowest BCUT2D eigenvalue weighted by Crippen LogP contribution is -2.52. The number of Topliss-reactive ketones (excluding diaryl/α,β-unsaturated/α-hetero) is 4. The third-order valence-electron chi connectivity index (χ3n) is 9.72. The lowest BCUT2D eigenvalue weighted by molar-refractivity contribution is -0.183. The van der Waals surface area contributed by atoms with Gasteiger partial charge in [-0.3, -0.25) is 19.2 Å². The van der Waals surface area contributed by atoms with Crippen molar-refractivity contribution in [1.82, 2.24) is 0 Å². The van der Waals surface area contributed by atoms with E-state index in [9.17, 15) is 28.8 Å². The predicted octanol–water partition coefficient (Wildman–Crippen LogP) is 8.16. The van der Waals surface area contributed by atoms with Gasteiger partial charge in [-0.1, -0.05) is 109 Å². The summed E-state index contributed by atoms with van der Waals surface area (Å²) in [6, 6.07) is 34.6. The molecule has 3 heterocycles. The van der Waals surface area contributed by atoms with E-state index in [0.29, 0.717) is 47.3 Å². The highest BCUT2D eigenvalue weighted by Crippen LogP contribution is 2.55. The molecule has 0 fully saturated rings. The summed E-state index contributed by atoms with van der Waals surface area (Å²) in [6.07, 6.45) is 3.16. The quantitative estimate of drug-likeness (QED) is 0.0651. The predicted molar refractivity (Wildman–Crippen MR) is 210 cm³/mol. The number of hydrogen-bond donors (Lipinski definition) is 0. The highest BCUT2D eigenvalue weighted by molar-refractivity contribution is 7.23. The zero-order valence-electron chi connectivity index (χ0n) is 29.1. The van der Waals surface area contributed by atoms with Crippen LogP contribution in [0.25, 0.3) is 33.1 Å². The normalized spacial score (nSPS) is 16.3. The number of esters is 2. The Bertz CT molecular complexity index is 2680. The van der Waals surface area contributed by atoms with Crippen molar-refractivity contribution in [2.75, 3.05) is 0 Å². The van der Waals surface area contributed by atoms with Crippen molar-refractivity contribution in [3.8, 4) is 15.5 Å². The molecule has 1 aliphatic heterocycles. The Kier molecular flexibility index (Phi) is 8.60. The number of rotatable bonds is 8. The SMILES string of the molecule is O=C1C(=O)c2ccccc2/C1=C/c1cc2c(s1)-c1sc(/C=C3\C(=O)C(=O)c4ccccc43)cc1C(C(=O)OCc1ccccc1)(C(=O)OCc1ccccc1)O2. The molecule has 56 heavy (non-hydrogen) atoms. The van der Waals surface area contributed by atoms with Gasteiger partial charge >= 0.3 is 17.5 Å². The fourth-order valence-corrected chi connectivity index (χ4v) is 9.33. The molecule has 0 amide bonds. The highest BCUT2D eigenvalue weighted by atomic mass is 32.1. The second-order valence-corrected chi connectivity index (χ2v) is 15.3. The molecule has 0 saturated heterocycles. The molecule has 11 heteroatoms. The Labute approximate surface area is 327 Å². The maximum absolute atomic E-state index is 14.6. The van der Waals surface area contributed by atoms with Crippen molar-refractivity contribution < 1.29 is 43.0 Å². The van der Waals surface area contributed by atoms with E-state index >= 15 is 0 Å². The van der Waals surface area contributed by atoms with E-state index in [1.54, 1.807) is 121 Å². The Morgan fingerprint density at radius 1 is 0.536 bits per heavy atom. The highest BCUT2D eigenvalue weighted by Gasteiger charge is 2.59. The van der Waals surface area contributed by atoms with Crippen LogP contribution >= 0.6 is 22.7 Å². The van der Waals surface area contributed by atoms with Crippen LogP contribution in [0.1, 0.15) is 58.3 Å². The van der Waals surface area contributed by atoms with E-state index in [-0.39, 0.29) is 41.2 Å². The second kappa shape index (κ2) is 13.8. The molecule has 0 spiro atoms. The van der Waals surface area contributed by atoms with Crippen LogP contribution in [0.5, 0.6) is 5.75 Å². The van der Waals surface area contributed by atoms with E-state index in [2.05, 4.69) is 0 Å². The molecule has 272 valence electrons. The van der Waals surface area contributed by atoms with Crippen LogP contribution in [0.15, 0.2) is 121 Å². The number of hydrogen-bond acceptors (Lipinski definition) is 11. The maximum atomic E-state index is 14.6. The van der Waals surface area contributed by atoms with Gasteiger partial charge in [0.15, 0.2) is 0 Å². The number of carbonyl (C=O) groups excluding carboxylic acids is 6. The van der Waals surface area contributed by atoms with Gasteiger partial charge in [0.1, 0.15) is 19.0 Å². The van der Waals surface area contributed by atoms with Crippen molar-refractivity contribution >= 4 is 81.0 Å². The van der Waals surface area contributed by atoms with Gasteiger partial charge in [0.25, 0.3) is 0 Å². The molecule has 0 radical (unpaired) electrons. The van der Waals surface area contributed by atoms with Crippen LogP contribution in [0.3, 0.4) is 0 Å². The average molecular weight is 775 g/mol. The number of benzene rings is 4. The van der Waals surface area contributed by atoms with Crippen LogP contribution < -0.4 is 4.74 Å². The molecule has 6 aromatic rings. The number of thiophene rings is 2. The molecule has 3 aliphatic rings. The third kappa shape index (κ3) is 5.76. The topological polar surface area (TPSA) is 130 Å². The number of fused-ring (bicyclic) bond motifs is 5. The Hall–Kier alpha value is -6.82. The summed E-state index contributed by atoms with van der Waals surface area (Å²) in [5, 5.41) is 0. The zero-order valence-corrected chi connectivity index (χ0v) is 30.7. The van der Waals surface area contributed by atoms with Crippen molar-refractivity contribution in [3.05, 3.63) is 170 Å². The monoisotopic (exact) mass is 774 g/mol. The first-order valence-electron chi connectivity index (χ1n) is 17.4. The third-order valence-corrected chi connectivity index (χ3v) is 12.0. The molecular formula is C45H26O9S2. The van der Waals surface area contributed by atoms with Crippen LogP contribution in [0.4, 0.5) is 0 Å². The molecule has 4 aromatic carbocycles. The van der Waals surface area contributed by atoms with E-state index in [4.69, 9.17) is 14.2 Å². The number of carbonyl (C=O) groups is 6. The standard InChI is InChI=1S/C45H26O9S2/c46-37-31-17-9-7-15-29(31)33(39(37)48)19-27-21-35-41(55-27)42-36(22-28(56-42)20-34-30-16-8-10-18-32(30)38(47)40(34)49)54-45(35,43(50)52-23-25-11-3-1-4-12-25)44(51)53-24-26-13-5-2-6-14-26/h1-22H,23-24H2/b33-19-,34-20-. The van der Waals surface area contributed by atoms with Gasteiger partial charge in [-0.05, 0) is 46.5 Å². The molecule has 0 bridgehead atoms. The minimum atomic E-state index is -2.47. The van der Waals surface area contributed by atoms with Gasteiger partial charge in [-0.15, -0.1) is 22.7 Å². The summed E-state index contributed by atoms with van der Waals surface area (Å²) in [6.45, 7) is -0.353. The van der Waals surface area contributed by atoms with Gasteiger partial charge in [0.05, 0.1) is 9.75 Å². The van der Waals surface area contributed by atoms with E-state index < -0.39 is 40.7 Å². The smallest absolute Gasteiger partial charge is 0.367 e. The molecule has 9 nitrogen and oxygen atoms in total. The molecule has 2 aromatic heterocycles. The van der Waals surface area contributed by atoms with E-state index in [1.807, 2.05) is 12.1 Å². The van der Waals surface area contributed by atoms with Crippen LogP contribution in [0, 0.1) is 0 Å². The largest absolute Gasteiger partial charge is 0.458 e. The van der Waals surface area contributed by atoms with Gasteiger partial charge in [0, 0.05) is 37.6 Å². The summed E-state index contributed by atoms with van der Waals surface area (Å²) in [5.74, 6) is -4.47. The summed E-state index contributed by atoms with van der Waals surface area (Å²) in [5.41, 5.74) is 0.954. The van der Waals surface area contributed by atoms with Gasteiger partial charge < -0.3 is 14.2 Å². The summed E-state index contributed by atoms with van der Waals surface area (Å²) in [7, 11) is 0. The lowest BCUT2D eigenvalue weighted by Gasteiger charge is -2.33. The zero-order chi connectivity index (χ0) is 38.6. The Morgan fingerprint density at radius 2 is 0.964 bits per heavy atom. The molecular weight excluding hydrogens is 749 g/mol.